The Morgan fingerprint density at radius 1 is 0.882 bits per heavy atom. The predicted octanol–water partition coefficient (Wildman–Crippen LogP) is 4.24. The van der Waals surface area contributed by atoms with Crippen molar-refractivity contribution >= 4 is 29.0 Å². The lowest BCUT2D eigenvalue weighted by atomic mass is 10.1. The molecule has 0 spiro atoms. The van der Waals surface area contributed by atoms with Crippen molar-refractivity contribution in [2.75, 3.05) is 0 Å². The topological polar surface area (TPSA) is 17.1 Å². The van der Waals surface area contributed by atoms with E-state index in [0.29, 0.717) is 5.56 Å². The summed E-state index contributed by atoms with van der Waals surface area (Å²) in [6.07, 6.45) is 3.85. The van der Waals surface area contributed by atoms with Gasteiger partial charge in [-0.2, -0.15) is 0 Å². The number of hydrogen-bond acceptors (Lipinski definition) is 1. The Bertz CT molecular complexity index is 544. The van der Waals surface area contributed by atoms with Crippen LogP contribution < -0.4 is 0 Å². The smallest absolute Gasteiger partial charge is 0.252 e. The first-order valence-electron chi connectivity index (χ1n) is 5.29. The lowest BCUT2D eigenvalue weighted by molar-refractivity contribution is 0.108. The molecule has 1 nitrogen and oxygen atoms in total. The van der Waals surface area contributed by atoms with Crippen LogP contribution in [-0.4, -0.2) is 5.24 Å². The van der Waals surface area contributed by atoms with E-state index in [1.165, 1.54) is 0 Å². The van der Waals surface area contributed by atoms with Crippen LogP contribution >= 0.6 is 11.6 Å². The molecule has 0 aliphatic carbocycles. The average Bonchev–Trinajstić information content (AvgIpc) is 2.38. The minimum atomic E-state index is -0.432. The summed E-state index contributed by atoms with van der Waals surface area (Å²) >= 11 is 5.52. The second kappa shape index (κ2) is 5.46. The van der Waals surface area contributed by atoms with Crippen LogP contribution in [0.5, 0.6) is 0 Å². The van der Waals surface area contributed by atoms with Gasteiger partial charge in [0.25, 0.3) is 5.24 Å². The molecule has 2 rings (SSSR count). The Morgan fingerprint density at radius 3 is 2.24 bits per heavy atom. The maximum Gasteiger partial charge on any atom is 0.252 e. The quantitative estimate of drug-likeness (QED) is 0.581. The zero-order chi connectivity index (χ0) is 12.1. The number of carbonyl (C=O) groups excluding carboxylic acids is 1. The highest BCUT2D eigenvalue weighted by Crippen LogP contribution is 2.15. The highest BCUT2D eigenvalue weighted by molar-refractivity contribution is 6.68. The van der Waals surface area contributed by atoms with Gasteiger partial charge in [0.15, 0.2) is 0 Å². The van der Waals surface area contributed by atoms with E-state index in [1.54, 1.807) is 12.1 Å². The van der Waals surface area contributed by atoms with Gasteiger partial charge in [-0.3, -0.25) is 4.79 Å². The van der Waals surface area contributed by atoms with E-state index in [2.05, 4.69) is 0 Å². The van der Waals surface area contributed by atoms with Gasteiger partial charge < -0.3 is 0 Å². The predicted molar refractivity (Wildman–Crippen MR) is 72.0 cm³/mol. The second-order valence-electron chi connectivity index (χ2n) is 3.60. The van der Waals surface area contributed by atoms with Crippen molar-refractivity contribution < 1.29 is 4.79 Å². The van der Waals surface area contributed by atoms with Crippen molar-refractivity contribution in [2.24, 2.45) is 0 Å². The highest BCUT2D eigenvalue weighted by Gasteiger charge is 2.04. The summed E-state index contributed by atoms with van der Waals surface area (Å²) in [6, 6.07) is 17.2. The molecule has 2 aromatic rings. The molecule has 0 saturated heterocycles. The summed E-state index contributed by atoms with van der Waals surface area (Å²) in [5, 5.41) is -0.432. The van der Waals surface area contributed by atoms with Crippen molar-refractivity contribution in [1.82, 2.24) is 0 Å². The minimum Gasteiger partial charge on any atom is -0.276 e. The van der Waals surface area contributed by atoms with Gasteiger partial charge in [-0.1, -0.05) is 60.7 Å². The third kappa shape index (κ3) is 3.05. The van der Waals surface area contributed by atoms with Crippen LogP contribution in [0.15, 0.2) is 54.6 Å². The number of carbonyl (C=O) groups is 1. The van der Waals surface area contributed by atoms with E-state index in [4.69, 9.17) is 11.6 Å². The first kappa shape index (κ1) is 11.6. The lowest BCUT2D eigenvalue weighted by Gasteiger charge is -1.99. The number of halogens is 1. The summed E-state index contributed by atoms with van der Waals surface area (Å²) in [6.45, 7) is 0. The highest BCUT2D eigenvalue weighted by atomic mass is 35.5. The third-order valence-corrected chi connectivity index (χ3v) is 2.63. The van der Waals surface area contributed by atoms with Gasteiger partial charge in [0.1, 0.15) is 0 Å². The first-order valence-corrected chi connectivity index (χ1v) is 5.67. The Balaban J connectivity index is 2.30. The van der Waals surface area contributed by atoms with Gasteiger partial charge >= 0.3 is 0 Å². The fourth-order valence-electron chi connectivity index (χ4n) is 1.57. The maximum absolute atomic E-state index is 11.2. The normalized spacial score (nSPS) is 10.6. The average molecular weight is 243 g/mol. The summed E-state index contributed by atoms with van der Waals surface area (Å²) in [4.78, 5) is 11.2. The maximum atomic E-state index is 11.2. The molecule has 0 amide bonds. The zero-order valence-corrected chi connectivity index (χ0v) is 9.89. The van der Waals surface area contributed by atoms with Crippen LogP contribution in [0.4, 0.5) is 0 Å². The van der Waals surface area contributed by atoms with Crippen molar-refractivity contribution in [3.8, 4) is 0 Å². The fraction of sp³-hybridized carbons (Fsp3) is 0. The van der Waals surface area contributed by atoms with Gasteiger partial charge in [0.05, 0.1) is 0 Å². The standard InChI is InChI=1S/C15H11ClO/c16-15(17)14-9-5-4-8-13(14)11-10-12-6-2-1-3-7-12/h1-11H. The monoisotopic (exact) mass is 242 g/mol. The van der Waals surface area contributed by atoms with E-state index < -0.39 is 5.24 Å². The van der Waals surface area contributed by atoms with Crippen molar-refractivity contribution in [2.45, 2.75) is 0 Å². The molecule has 0 unspecified atom stereocenters. The summed E-state index contributed by atoms with van der Waals surface area (Å²) in [5.74, 6) is 0. The van der Waals surface area contributed by atoms with Crippen LogP contribution in [0.1, 0.15) is 21.5 Å². The Kier molecular flexibility index (Phi) is 3.73. The van der Waals surface area contributed by atoms with Gasteiger partial charge in [0, 0.05) is 5.56 Å². The van der Waals surface area contributed by atoms with E-state index in [-0.39, 0.29) is 0 Å². The molecule has 0 aromatic heterocycles. The summed E-state index contributed by atoms with van der Waals surface area (Å²) in [5.41, 5.74) is 2.45. The van der Waals surface area contributed by atoms with Gasteiger partial charge in [-0.25, -0.2) is 0 Å². The molecule has 0 N–H and O–H groups in total. The lowest BCUT2D eigenvalue weighted by Crippen LogP contribution is -1.91. The molecule has 0 radical (unpaired) electrons. The Morgan fingerprint density at radius 2 is 1.53 bits per heavy atom. The number of hydrogen-bond donors (Lipinski definition) is 0. The molecule has 84 valence electrons. The van der Waals surface area contributed by atoms with Crippen LogP contribution in [0, 0.1) is 0 Å². The molecule has 0 saturated carbocycles. The van der Waals surface area contributed by atoms with Gasteiger partial charge in [-0.05, 0) is 28.8 Å². The van der Waals surface area contributed by atoms with Gasteiger partial charge in [0.2, 0.25) is 0 Å². The zero-order valence-electron chi connectivity index (χ0n) is 9.14. The Hall–Kier alpha value is -1.86. The molecule has 2 aromatic carbocycles. The first-order chi connectivity index (χ1) is 8.27. The van der Waals surface area contributed by atoms with Crippen LogP contribution in [-0.2, 0) is 0 Å². The molecular formula is C15H11ClO. The molecule has 17 heavy (non-hydrogen) atoms. The molecule has 0 atom stereocenters. The van der Waals surface area contributed by atoms with Crippen molar-refractivity contribution in [3.63, 3.8) is 0 Å². The molecule has 0 aliphatic rings. The van der Waals surface area contributed by atoms with Gasteiger partial charge in [-0.15, -0.1) is 0 Å². The largest absolute Gasteiger partial charge is 0.276 e. The minimum absolute atomic E-state index is 0.432. The van der Waals surface area contributed by atoms with Crippen LogP contribution in [0.25, 0.3) is 12.2 Å². The third-order valence-electron chi connectivity index (χ3n) is 2.43. The number of rotatable bonds is 3. The molecule has 2 heteroatoms. The summed E-state index contributed by atoms with van der Waals surface area (Å²) < 4.78 is 0. The van der Waals surface area contributed by atoms with E-state index in [9.17, 15) is 4.79 Å². The van der Waals surface area contributed by atoms with E-state index in [0.717, 1.165) is 11.1 Å². The SMILES string of the molecule is O=C(Cl)c1ccccc1C=Cc1ccccc1. The second-order valence-corrected chi connectivity index (χ2v) is 3.95. The Labute approximate surface area is 105 Å². The number of benzene rings is 2. The van der Waals surface area contributed by atoms with E-state index >= 15 is 0 Å². The molecule has 0 bridgehead atoms. The van der Waals surface area contributed by atoms with Crippen LogP contribution in [0.3, 0.4) is 0 Å². The van der Waals surface area contributed by atoms with Crippen molar-refractivity contribution in [1.29, 1.82) is 0 Å². The summed E-state index contributed by atoms with van der Waals surface area (Å²) in [7, 11) is 0. The molecule has 0 heterocycles. The molecule has 0 fully saturated rings. The fourth-order valence-corrected chi connectivity index (χ4v) is 1.74. The van der Waals surface area contributed by atoms with Crippen LogP contribution in [0.2, 0.25) is 0 Å². The molecular weight excluding hydrogens is 232 g/mol. The molecule has 0 aliphatic heterocycles. The van der Waals surface area contributed by atoms with E-state index in [1.807, 2.05) is 54.6 Å². The van der Waals surface area contributed by atoms with Crippen molar-refractivity contribution in [3.05, 3.63) is 71.3 Å².